The molecule has 0 aromatic rings. The van der Waals surface area contributed by atoms with E-state index in [0.29, 0.717) is 0 Å². The Bertz CT molecular complexity index is 194. The lowest BCUT2D eigenvalue weighted by atomic mass is 10.2. The van der Waals surface area contributed by atoms with E-state index in [1.807, 2.05) is 13.8 Å². The summed E-state index contributed by atoms with van der Waals surface area (Å²) < 4.78 is 0. The molecule has 2 nitrogen and oxygen atoms in total. The normalized spacial score (nSPS) is 16.2. The molecule has 1 N–H and O–H groups in total. The fraction of sp³-hybridized carbons (Fsp3) is 0.286. The predicted molar refractivity (Wildman–Crippen MR) is 35.7 cm³/mol. The van der Waals surface area contributed by atoms with Crippen LogP contribution in [0.4, 0.5) is 0 Å². The second kappa shape index (κ2) is 2.05. The summed E-state index contributed by atoms with van der Waals surface area (Å²) in [6, 6.07) is 0. The van der Waals surface area contributed by atoms with Crippen molar-refractivity contribution >= 4 is 5.78 Å². The van der Waals surface area contributed by atoms with Crippen LogP contribution in [0.5, 0.6) is 0 Å². The first-order valence-electron chi connectivity index (χ1n) is 2.86. The Morgan fingerprint density at radius 3 is 2.44 bits per heavy atom. The van der Waals surface area contributed by atoms with E-state index in [1.165, 1.54) is 6.08 Å². The summed E-state index contributed by atoms with van der Waals surface area (Å²) in [5.74, 6) is 0.0787. The van der Waals surface area contributed by atoms with Gasteiger partial charge in [0.2, 0.25) is 5.78 Å². The lowest BCUT2D eigenvalue weighted by molar-refractivity contribution is -0.111. The van der Waals surface area contributed by atoms with Gasteiger partial charge in [-0.15, -0.1) is 0 Å². The molecule has 0 aromatic carbocycles. The summed E-state index contributed by atoms with van der Waals surface area (Å²) in [6.07, 6.45) is 3.19. The minimum atomic E-state index is 0.0787. The molecule has 0 aromatic heterocycles. The Hall–Kier alpha value is -1.05. The number of carbonyl (C=O) groups excluding carboxylic acids is 1. The van der Waals surface area contributed by atoms with E-state index in [1.54, 1.807) is 6.20 Å². The monoisotopic (exact) mass is 123 g/mol. The molecule has 0 saturated carbocycles. The fourth-order valence-electron chi connectivity index (χ4n) is 0.746. The van der Waals surface area contributed by atoms with Crippen LogP contribution in [0.3, 0.4) is 0 Å². The van der Waals surface area contributed by atoms with Gasteiger partial charge in [-0.1, -0.05) is 0 Å². The van der Waals surface area contributed by atoms with Gasteiger partial charge in [0.05, 0.1) is 5.70 Å². The standard InChI is InChI=1S/C7H9NO/c1-5(2)7-6(9)3-4-8-7/h3-4,8H,1-2H3. The highest BCUT2D eigenvalue weighted by Crippen LogP contribution is 2.05. The Balaban J connectivity index is 2.90. The van der Waals surface area contributed by atoms with Crippen molar-refractivity contribution in [1.29, 1.82) is 0 Å². The highest BCUT2D eigenvalue weighted by atomic mass is 16.1. The molecular weight excluding hydrogens is 114 g/mol. The smallest absolute Gasteiger partial charge is 0.203 e. The van der Waals surface area contributed by atoms with E-state index < -0.39 is 0 Å². The molecule has 0 radical (unpaired) electrons. The van der Waals surface area contributed by atoms with E-state index >= 15 is 0 Å². The Morgan fingerprint density at radius 2 is 2.22 bits per heavy atom. The van der Waals surface area contributed by atoms with Gasteiger partial charge in [-0.05, 0) is 19.4 Å². The third-order valence-electron chi connectivity index (χ3n) is 1.21. The van der Waals surface area contributed by atoms with E-state index in [4.69, 9.17) is 0 Å². The highest BCUT2D eigenvalue weighted by molar-refractivity contribution is 6.06. The van der Waals surface area contributed by atoms with Crippen LogP contribution in [-0.2, 0) is 4.79 Å². The molecule has 9 heavy (non-hydrogen) atoms. The molecule has 2 heteroatoms. The van der Waals surface area contributed by atoms with Gasteiger partial charge < -0.3 is 5.32 Å². The molecule has 48 valence electrons. The third-order valence-corrected chi connectivity index (χ3v) is 1.21. The minimum absolute atomic E-state index is 0.0787. The summed E-state index contributed by atoms with van der Waals surface area (Å²) in [5.41, 5.74) is 1.75. The Kier molecular flexibility index (Phi) is 1.39. The topological polar surface area (TPSA) is 29.1 Å². The van der Waals surface area contributed by atoms with Crippen LogP contribution in [0, 0.1) is 0 Å². The van der Waals surface area contributed by atoms with Gasteiger partial charge in [0.15, 0.2) is 0 Å². The summed E-state index contributed by atoms with van der Waals surface area (Å²) in [4.78, 5) is 10.8. The van der Waals surface area contributed by atoms with Gasteiger partial charge in [0.1, 0.15) is 0 Å². The maximum absolute atomic E-state index is 10.8. The van der Waals surface area contributed by atoms with Gasteiger partial charge in [0.25, 0.3) is 0 Å². The average molecular weight is 123 g/mol. The van der Waals surface area contributed by atoms with Crippen molar-refractivity contribution in [1.82, 2.24) is 5.32 Å². The molecule has 0 spiro atoms. The molecule has 0 atom stereocenters. The van der Waals surface area contributed by atoms with Gasteiger partial charge in [0, 0.05) is 12.3 Å². The van der Waals surface area contributed by atoms with Gasteiger partial charge in [-0.3, -0.25) is 4.79 Å². The first-order chi connectivity index (χ1) is 4.22. The molecule has 0 aliphatic carbocycles. The minimum Gasteiger partial charge on any atom is -0.358 e. The molecule has 1 aliphatic rings. The number of rotatable bonds is 0. The number of hydrogen-bond acceptors (Lipinski definition) is 2. The van der Waals surface area contributed by atoms with Crippen LogP contribution in [0.15, 0.2) is 23.5 Å². The van der Waals surface area contributed by atoms with E-state index in [2.05, 4.69) is 5.32 Å². The Labute approximate surface area is 54.3 Å². The van der Waals surface area contributed by atoms with Crippen LogP contribution in [0.25, 0.3) is 0 Å². The van der Waals surface area contributed by atoms with Crippen LogP contribution < -0.4 is 5.32 Å². The van der Waals surface area contributed by atoms with Crippen molar-refractivity contribution < 1.29 is 4.79 Å². The van der Waals surface area contributed by atoms with Gasteiger partial charge in [-0.25, -0.2) is 0 Å². The van der Waals surface area contributed by atoms with Crippen molar-refractivity contribution in [2.24, 2.45) is 0 Å². The fourth-order valence-corrected chi connectivity index (χ4v) is 0.746. The number of hydrogen-bond donors (Lipinski definition) is 1. The van der Waals surface area contributed by atoms with E-state index in [-0.39, 0.29) is 5.78 Å². The number of allylic oxidation sites excluding steroid dienone is 2. The SMILES string of the molecule is CC(C)=C1NC=CC1=O. The second-order valence-corrected chi connectivity index (χ2v) is 2.22. The van der Waals surface area contributed by atoms with Crippen molar-refractivity contribution in [3.63, 3.8) is 0 Å². The third kappa shape index (κ3) is 1.02. The zero-order valence-corrected chi connectivity index (χ0v) is 5.56. The lowest BCUT2D eigenvalue weighted by Crippen LogP contribution is -2.06. The number of ketones is 1. The zero-order chi connectivity index (χ0) is 6.85. The van der Waals surface area contributed by atoms with Crippen LogP contribution in [-0.4, -0.2) is 5.78 Å². The molecule has 0 unspecified atom stereocenters. The Morgan fingerprint density at radius 1 is 1.56 bits per heavy atom. The average Bonchev–Trinajstić information content (AvgIpc) is 2.13. The largest absolute Gasteiger partial charge is 0.358 e. The molecule has 1 aliphatic heterocycles. The maximum atomic E-state index is 10.8. The van der Waals surface area contributed by atoms with Crippen molar-refractivity contribution in [2.45, 2.75) is 13.8 Å². The van der Waals surface area contributed by atoms with Crippen molar-refractivity contribution in [3.8, 4) is 0 Å². The van der Waals surface area contributed by atoms with Crippen LogP contribution in [0.1, 0.15) is 13.8 Å². The van der Waals surface area contributed by atoms with Crippen molar-refractivity contribution in [2.75, 3.05) is 0 Å². The number of carbonyl (C=O) groups is 1. The van der Waals surface area contributed by atoms with E-state index in [0.717, 1.165) is 11.3 Å². The molecule has 0 bridgehead atoms. The summed E-state index contributed by atoms with van der Waals surface area (Å²) in [7, 11) is 0. The molecule has 1 rings (SSSR count). The van der Waals surface area contributed by atoms with Gasteiger partial charge in [-0.2, -0.15) is 0 Å². The second-order valence-electron chi connectivity index (χ2n) is 2.22. The summed E-state index contributed by atoms with van der Waals surface area (Å²) >= 11 is 0. The molecular formula is C7H9NO. The quantitative estimate of drug-likeness (QED) is 0.486. The van der Waals surface area contributed by atoms with Gasteiger partial charge >= 0.3 is 0 Å². The van der Waals surface area contributed by atoms with Crippen molar-refractivity contribution in [3.05, 3.63) is 23.5 Å². The zero-order valence-electron chi connectivity index (χ0n) is 5.56. The first kappa shape index (κ1) is 6.08. The molecule has 1 heterocycles. The first-order valence-corrected chi connectivity index (χ1v) is 2.86. The molecule has 0 amide bonds. The lowest BCUT2D eigenvalue weighted by Gasteiger charge is -1.97. The van der Waals surface area contributed by atoms with Crippen LogP contribution in [0.2, 0.25) is 0 Å². The molecule has 0 fully saturated rings. The van der Waals surface area contributed by atoms with Crippen LogP contribution >= 0.6 is 0 Å². The molecule has 0 saturated heterocycles. The summed E-state index contributed by atoms with van der Waals surface area (Å²) in [5, 5.41) is 2.86. The number of nitrogens with one attached hydrogen (secondary N) is 1. The van der Waals surface area contributed by atoms with E-state index in [9.17, 15) is 4.79 Å². The maximum Gasteiger partial charge on any atom is 0.203 e. The predicted octanol–water partition coefficient (Wildman–Crippen LogP) is 0.966. The summed E-state index contributed by atoms with van der Waals surface area (Å²) in [6.45, 7) is 3.82. The highest BCUT2D eigenvalue weighted by Gasteiger charge is 2.10.